The highest BCUT2D eigenvalue weighted by Gasteiger charge is 2.27. The van der Waals surface area contributed by atoms with Crippen molar-refractivity contribution in [1.29, 1.82) is 0 Å². The standard InChI is InChI=1S/C17H14N4O3/c1-11-5-6-14-13(8-11)21(16(22)10-23-14)9-15-19-17(20-24-15)12-4-2-3-7-18-12/h2-8H,9-10H2,1H3. The maximum Gasteiger partial charge on any atom is 0.265 e. The van der Waals surface area contributed by atoms with Crippen LogP contribution in [0.1, 0.15) is 11.5 Å². The molecule has 3 heterocycles. The van der Waals surface area contributed by atoms with Crippen molar-refractivity contribution in [2.45, 2.75) is 13.5 Å². The number of carbonyl (C=O) groups excluding carboxylic acids is 1. The van der Waals surface area contributed by atoms with E-state index in [1.807, 2.05) is 37.3 Å². The van der Waals surface area contributed by atoms with Crippen molar-refractivity contribution in [3.63, 3.8) is 0 Å². The van der Waals surface area contributed by atoms with E-state index in [0.29, 0.717) is 28.8 Å². The summed E-state index contributed by atoms with van der Waals surface area (Å²) in [5, 5.41) is 3.93. The molecular weight excluding hydrogens is 308 g/mol. The summed E-state index contributed by atoms with van der Waals surface area (Å²) in [6, 6.07) is 11.2. The Morgan fingerprint density at radius 1 is 1.25 bits per heavy atom. The normalized spacial score (nSPS) is 13.5. The molecule has 0 bridgehead atoms. The molecule has 1 aromatic carbocycles. The molecule has 3 aromatic rings. The summed E-state index contributed by atoms with van der Waals surface area (Å²) in [6.45, 7) is 2.15. The summed E-state index contributed by atoms with van der Waals surface area (Å²) < 4.78 is 10.7. The SMILES string of the molecule is Cc1ccc2c(c1)N(Cc1nc(-c3ccccn3)no1)C(=O)CO2. The highest BCUT2D eigenvalue weighted by molar-refractivity contribution is 5.97. The molecule has 0 unspecified atom stereocenters. The van der Waals surface area contributed by atoms with E-state index in [2.05, 4.69) is 15.1 Å². The molecule has 7 heteroatoms. The lowest BCUT2D eigenvalue weighted by molar-refractivity contribution is -0.121. The summed E-state index contributed by atoms with van der Waals surface area (Å²) >= 11 is 0. The van der Waals surface area contributed by atoms with E-state index in [9.17, 15) is 4.79 Å². The number of aromatic nitrogens is 3. The largest absolute Gasteiger partial charge is 0.482 e. The number of hydrogen-bond donors (Lipinski definition) is 0. The maximum atomic E-state index is 12.2. The van der Waals surface area contributed by atoms with E-state index < -0.39 is 0 Å². The number of ether oxygens (including phenoxy) is 1. The fourth-order valence-corrected chi connectivity index (χ4v) is 2.54. The molecule has 120 valence electrons. The van der Waals surface area contributed by atoms with Crippen molar-refractivity contribution in [3.8, 4) is 17.3 Å². The van der Waals surface area contributed by atoms with Crippen LogP contribution in [-0.4, -0.2) is 27.6 Å². The monoisotopic (exact) mass is 322 g/mol. The minimum atomic E-state index is -0.148. The number of amides is 1. The number of nitrogens with zero attached hydrogens (tertiary/aromatic N) is 4. The third-order valence-electron chi connectivity index (χ3n) is 3.71. The van der Waals surface area contributed by atoms with Gasteiger partial charge in [0.2, 0.25) is 11.7 Å². The summed E-state index contributed by atoms with van der Waals surface area (Å²) in [7, 11) is 0. The second kappa shape index (κ2) is 5.77. The van der Waals surface area contributed by atoms with Crippen LogP contribution in [0.3, 0.4) is 0 Å². The topological polar surface area (TPSA) is 81.4 Å². The first-order chi connectivity index (χ1) is 11.7. The fraction of sp³-hybridized carbons (Fsp3) is 0.176. The number of aryl methyl sites for hydroxylation is 1. The summed E-state index contributed by atoms with van der Waals surface area (Å²) in [5.74, 6) is 1.27. The highest BCUT2D eigenvalue weighted by Crippen LogP contribution is 2.33. The van der Waals surface area contributed by atoms with Gasteiger partial charge in [-0.3, -0.25) is 14.7 Å². The molecule has 1 aliphatic rings. The number of rotatable bonds is 3. The van der Waals surface area contributed by atoms with Crippen molar-refractivity contribution in [2.75, 3.05) is 11.5 Å². The number of pyridine rings is 1. The lowest BCUT2D eigenvalue weighted by Gasteiger charge is -2.28. The second-order valence-electron chi connectivity index (χ2n) is 5.47. The molecule has 0 aliphatic carbocycles. The zero-order chi connectivity index (χ0) is 16.5. The average Bonchev–Trinajstić information content (AvgIpc) is 3.07. The molecule has 0 saturated carbocycles. The number of fused-ring (bicyclic) bond motifs is 1. The molecular formula is C17H14N4O3. The van der Waals surface area contributed by atoms with Crippen molar-refractivity contribution in [3.05, 3.63) is 54.0 Å². The maximum absolute atomic E-state index is 12.2. The Morgan fingerprint density at radius 2 is 2.17 bits per heavy atom. The van der Waals surface area contributed by atoms with E-state index in [1.165, 1.54) is 0 Å². The Hall–Kier alpha value is -3.22. The van der Waals surface area contributed by atoms with Crippen LogP contribution in [0.25, 0.3) is 11.5 Å². The third kappa shape index (κ3) is 2.60. The van der Waals surface area contributed by atoms with Crippen LogP contribution in [0.5, 0.6) is 5.75 Å². The number of anilines is 1. The fourth-order valence-electron chi connectivity index (χ4n) is 2.54. The predicted molar refractivity (Wildman–Crippen MR) is 85.4 cm³/mol. The molecule has 0 atom stereocenters. The van der Waals surface area contributed by atoms with Gasteiger partial charge in [-0.05, 0) is 36.8 Å². The van der Waals surface area contributed by atoms with Gasteiger partial charge in [-0.15, -0.1) is 0 Å². The number of carbonyl (C=O) groups is 1. The van der Waals surface area contributed by atoms with Crippen molar-refractivity contribution < 1.29 is 14.1 Å². The molecule has 0 radical (unpaired) electrons. The van der Waals surface area contributed by atoms with Gasteiger partial charge in [-0.25, -0.2) is 0 Å². The van der Waals surface area contributed by atoms with Crippen LogP contribution in [0.2, 0.25) is 0 Å². The van der Waals surface area contributed by atoms with Gasteiger partial charge in [-0.2, -0.15) is 4.98 Å². The smallest absolute Gasteiger partial charge is 0.265 e. The van der Waals surface area contributed by atoms with Gasteiger partial charge in [0.1, 0.15) is 18.0 Å². The summed E-state index contributed by atoms with van der Waals surface area (Å²) in [5.41, 5.74) is 2.37. The number of hydrogen-bond acceptors (Lipinski definition) is 6. The lowest BCUT2D eigenvalue weighted by Crippen LogP contribution is -2.38. The Kier molecular flexibility index (Phi) is 3.45. The lowest BCUT2D eigenvalue weighted by atomic mass is 10.1. The zero-order valence-electron chi connectivity index (χ0n) is 13.0. The minimum absolute atomic E-state index is 0.00268. The number of benzene rings is 1. The van der Waals surface area contributed by atoms with Crippen LogP contribution in [0.15, 0.2) is 47.1 Å². The summed E-state index contributed by atoms with van der Waals surface area (Å²) in [6.07, 6.45) is 1.66. The Balaban J connectivity index is 1.63. The molecule has 4 rings (SSSR count). The van der Waals surface area contributed by atoms with Crippen molar-refractivity contribution >= 4 is 11.6 Å². The quantitative estimate of drug-likeness (QED) is 0.736. The predicted octanol–water partition coefficient (Wildman–Crippen LogP) is 2.37. The van der Waals surface area contributed by atoms with Crippen LogP contribution >= 0.6 is 0 Å². The van der Waals surface area contributed by atoms with Gasteiger partial charge in [-0.1, -0.05) is 17.3 Å². The molecule has 0 saturated heterocycles. The van der Waals surface area contributed by atoms with E-state index in [-0.39, 0.29) is 19.1 Å². The molecule has 0 N–H and O–H groups in total. The Morgan fingerprint density at radius 3 is 3.00 bits per heavy atom. The van der Waals surface area contributed by atoms with E-state index in [1.54, 1.807) is 17.2 Å². The van der Waals surface area contributed by atoms with Crippen LogP contribution in [0, 0.1) is 6.92 Å². The van der Waals surface area contributed by atoms with Crippen molar-refractivity contribution in [2.24, 2.45) is 0 Å². The van der Waals surface area contributed by atoms with Gasteiger partial charge in [0.25, 0.3) is 5.91 Å². The van der Waals surface area contributed by atoms with E-state index in [4.69, 9.17) is 9.26 Å². The highest BCUT2D eigenvalue weighted by atomic mass is 16.5. The molecule has 7 nitrogen and oxygen atoms in total. The van der Waals surface area contributed by atoms with Gasteiger partial charge < -0.3 is 9.26 Å². The Labute approximate surface area is 137 Å². The second-order valence-corrected chi connectivity index (χ2v) is 5.47. The average molecular weight is 322 g/mol. The summed E-state index contributed by atoms with van der Waals surface area (Å²) in [4.78, 5) is 22.4. The first kappa shape index (κ1) is 14.4. The Bertz CT molecular complexity index is 892. The van der Waals surface area contributed by atoms with Gasteiger partial charge in [0, 0.05) is 6.20 Å². The van der Waals surface area contributed by atoms with Crippen LogP contribution < -0.4 is 9.64 Å². The molecule has 24 heavy (non-hydrogen) atoms. The van der Waals surface area contributed by atoms with Gasteiger partial charge in [0.15, 0.2) is 6.61 Å². The van der Waals surface area contributed by atoms with Gasteiger partial charge in [0.05, 0.1) is 5.69 Å². The van der Waals surface area contributed by atoms with Crippen molar-refractivity contribution in [1.82, 2.24) is 15.1 Å². The molecule has 0 fully saturated rings. The third-order valence-corrected chi connectivity index (χ3v) is 3.71. The van der Waals surface area contributed by atoms with Gasteiger partial charge >= 0.3 is 0 Å². The molecule has 2 aromatic heterocycles. The molecule has 1 amide bonds. The van der Waals surface area contributed by atoms with E-state index >= 15 is 0 Å². The zero-order valence-corrected chi connectivity index (χ0v) is 13.0. The van der Waals surface area contributed by atoms with Crippen LogP contribution in [-0.2, 0) is 11.3 Å². The molecule has 1 aliphatic heterocycles. The molecule has 0 spiro atoms. The van der Waals surface area contributed by atoms with Crippen LogP contribution in [0.4, 0.5) is 5.69 Å². The first-order valence-corrected chi connectivity index (χ1v) is 7.48. The van der Waals surface area contributed by atoms with E-state index in [0.717, 1.165) is 5.56 Å². The first-order valence-electron chi connectivity index (χ1n) is 7.48. The minimum Gasteiger partial charge on any atom is -0.482 e.